The van der Waals surface area contributed by atoms with E-state index in [0.717, 1.165) is 10.7 Å². The normalized spacial score (nSPS) is 27.2. The third-order valence-electron chi connectivity index (χ3n) is 4.48. The Bertz CT molecular complexity index is 515. The number of hydrogen-bond acceptors (Lipinski definition) is 5. The van der Waals surface area contributed by atoms with Gasteiger partial charge in [-0.3, -0.25) is 4.79 Å². The summed E-state index contributed by atoms with van der Waals surface area (Å²) in [5.74, 6) is -0.107. The third kappa shape index (κ3) is 3.27. The smallest absolute Gasteiger partial charge is 0.226 e. The molecule has 0 radical (unpaired) electrons. The lowest BCUT2D eigenvalue weighted by Gasteiger charge is -2.57. The van der Waals surface area contributed by atoms with E-state index in [4.69, 9.17) is 4.74 Å². The van der Waals surface area contributed by atoms with Crippen molar-refractivity contribution in [1.29, 1.82) is 0 Å². The van der Waals surface area contributed by atoms with Gasteiger partial charge in [0.1, 0.15) is 0 Å². The Labute approximate surface area is 129 Å². The van der Waals surface area contributed by atoms with Crippen molar-refractivity contribution in [2.45, 2.75) is 52.2 Å². The van der Waals surface area contributed by atoms with Gasteiger partial charge >= 0.3 is 0 Å². The first-order valence-electron chi connectivity index (χ1n) is 7.30. The number of carbonyl (C=O) groups is 1. The molecule has 5 nitrogen and oxygen atoms in total. The topological polar surface area (TPSA) is 71.5 Å². The number of aliphatic hydroxyl groups is 1. The molecule has 6 heteroatoms. The minimum atomic E-state index is -0.902. The van der Waals surface area contributed by atoms with Crippen LogP contribution in [0.4, 0.5) is 0 Å². The van der Waals surface area contributed by atoms with E-state index in [9.17, 15) is 9.90 Å². The summed E-state index contributed by atoms with van der Waals surface area (Å²) < 4.78 is 5.61. The van der Waals surface area contributed by atoms with E-state index >= 15 is 0 Å². The number of amides is 1. The number of hydrogen-bond donors (Lipinski definition) is 2. The second-order valence-corrected chi connectivity index (χ2v) is 7.27. The molecular weight excluding hydrogens is 288 g/mol. The van der Waals surface area contributed by atoms with Gasteiger partial charge in [0.05, 0.1) is 28.8 Å². The molecule has 1 aliphatic carbocycles. The molecule has 0 spiro atoms. The van der Waals surface area contributed by atoms with E-state index in [-0.39, 0.29) is 30.4 Å². The number of aromatic nitrogens is 1. The highest BCUT2D eigenvalue weighted by atomic mass is 32.1. The number of ether oxygens (including phenoxy) is 1. The Morgan fingerprint density at radius 1 is 1.62 bits per heavy atom. The van der Waals surface area contributed by atoms with Crippen molar-refractivity contribution in [3.63, 3.8) is 0 Å². The average molecular weight is 312 g/mol. The molecule has 1 saturated carbocycles. The number of carbonyl (C=O) groups excluding carboxylic acids is 1. The standard InChI is InChI=1S/C15H24N2O3S/c1-5-20-12-7-15(19,14(12,3)4)9-16-13(18)6-11-8-21-10(2)17-11/h8,12,19H,5-7,9H2,1-4H3,(H,16,18). The van der Waals surface area contributed by atoms with Crippen molar-refractivity contribution >= 4 is 17.2 Å². The van der Waals surface area contributed by atoms with Gasteiger partial charge in [-0.25, -0.2) is 4.98 Å². The van der Waals surface area contributed by atoms with Gasteiger partial charge in [0.25, 0.3) is 0 Å². The summed E-state index contributed by atoms with van der Waals surface area (Å²) in [6, 6.07) is 0. The lowest BCUT2D eigenvalue weighted by Crippen LogP contribution is -2.68. The number of rotatable bonds is 6. The van der Waals surface area contributed by atoms with Crippen molar-refractivity contribution < 1.29 is 14.6 Å². The van der Waals surface area contributed by atoms with Gasteiger partial charge in [0.2, 0.25) is 5.91 Å². The Morgan fingerprint density at radius 3 is 2.86 bits per heavy atom. The molecule has 1 amide bonds. The van der Waals surface area contributed by atoms with E-state index < -0.39 is 5.60 Å². The molecule has 2 atom stereocenters. The Hall–Kier alpha value is -0.980. The van der Waals surface area contributed by atoms with Crippen LogP contribution >= 0.6 is 11.3 Å². The fourth-order valence-corrected chi connectivity index (χ4v) is 3.34. The van der Waals surface area contributed by atoms with Crippen molar-refractivity contribution in [3.8, 4) is 0 Å². The van der Waals surface area contributed by atoms with Gasteiger partial charge in [0, 0.05) is 30.4 Å². The second-order valence-electron chi connectivity index (χ2n) is 6.21. The van der Waals surface area contributed by atoms with Crippen LogP contribution in [0.2, 0.25) is 0 Å². The molecule has 0 aliphatic heterocycles. The van der Waals surface area contributed by atoms with Crippen molar-refractivity contribution in [3.05, 3.63) is 16.1 Å². The first kappa shape index (κ1) is 16.4. The van der Waals surface area contributed by atoms with Gasteiger partial charge in [0.15, 0.2) is 0 Å². The van der Waals surface area contributed by atoms with Crippen LogP contribution in [0.5, 0.6) is 0 Å². The molecule has 1 aromatic heterocycles. The Kier molecular flexibility index (Phi) is 4.70. The van der Waals surface area contributed by atoms with Gasteiger partial charge in [-0.2, -0.15) is 0 Å². The number of nitrogens with zero attached hydrogens (tertiary/aromatic N) is 1. The monoisotopic (exact) mass is 312 g/mol. The molecule has 2 unspecified atom stereocenters. The van der Waals surface area contributed by atoms with E-state index in [1.54, 1.807) is 0 Å². The third-order valence-corrected chi connectivity index (χ3v) is 5.30. The Morgan fingerprint density at radius 2 is 2.33 bits per heavy atom. The van der Waals surface area contributed by atoms with Crippen LogP contribution in [-0.2, 0) is 16.0 Å². The minimum Gasteiger partial charge on any atom is -0.387 e. The lowest BCUT2D eigenvalue weighted by molar-refractivity contribution is -0.238. The molecule has 118 valence electrons. The van der Waals surface area contributed by atoms with Crippen LogP contribution in [0.15, 0.2) is 5.38 Å². The van der Waals surface area contributed by atoms with Crippen LogP contribution in [0.25, 0.3) is 0 Å². The van der Waals surface area contributed by atoms with Crippen LogP contribution in [0.3, 0.4) is 0 Å². The van der Waals surface area contributed by atoms with E-state index in [1.165, 1.54) is 11.3 Å². The molecule has 1 heterocycles. The molecule has 0 bridgehead atoms. The summed E-state index contributed by atoms with van der Waals surface area (Å²) >= 11 is 1.53. The fourth-order valence-electron chi connectivity index (χ4n) is 2.72. The average Bonchev–Trinajstić information content (AvgIpc) is 2.81. The summed E-state index contributed by atoms with van der Waals surface area (Å²) in [5, 5.41) is 16.3. The van der Waals surface area contributed by atoms with Crippen molar-refractivity contribution in [2.24, 2.45) is 5.41 Å². The first-order valence-corrected chi connectivity index (χ1v) is 8.18. The van der Waals surface area contributed by atoms with Gasteiger partial charge < -0.3 is 15.2 Å². The second kappa shape index (κ2) is 6.02. The molecule has 2 N–H and O–H groups in total. The number of thiazole rings is 1. The minimum absolute atomic E-state index is 0.0468. The maximum Gasteiger partial charge on any atom is 0.226 e. The molecule has 0 aromatic carbocycles. The van der Waals surface area contributed by atoms with Gasteiger partial charge in [-0.05, 0) is 13.8 Å². The first-order chi connectivity index (χ1) is 9.78. The number of aryl methyl sites for hydroxylation is 1. The highest BCUT2D eigenvalue weighted by Crippen LogP contribution is 2.50. The molecule has 1 aromatic rings. The van der Waals surface area contributed by atoms with Crippen LogP contribution in [0, 0.1) is 12.3 Å². The lowest BCUT2D eigenvalue weighted by atomic mass is 9.56. The van der Waals surface area contributed by atoms with Crippen LogP contribution in [-0.4, -0.2) is 40.9 Å². The molecule has 1 fully saturated rings. The summed E-state index contributed by atoms with van der Waals surface area (Å²) in [6.45, 7) is 8.72. The zero-order valence-electron chi connectivity index (χ0n) is 13.1. The van der Waals surface area contributed by atoms with Gasteiger partial charge in [-0.15, -0.1) is 11.3 Å². The summed E-state index contributed by atoms with van der Waals surface area (Å²) in [6.07, 6.45) is 0.866. The molecule has 1 aliphatic rings. The van der Waals surface area contributed by atoms with Gasteiger partial charge in [-0.1, -0.05) is 13.8 Å². The maximum atomic E-state index is 11.9. The summed E-state index contributed by atoms with van der Waals surface area (Å²) in [7, 11) is 0. The molecular formula is C15H24N2O3S. The van der Waals surface area contributed by atoms with Crippen LogP contribution < -0.4 is 5.32 Å². The van der Waals surface area contributed by atoms with Crippen molar-refractivity contribution in [1.82, 2.24) is 10.3 Å². The summed E-state index contributed by atoms with van der Waals surface area (Å²) in [4.78, 5) is 16.2. The van der Waals surface area contributed by atoms with E-state index in [1.807, 2.05) is 33.1 Å². The van der Waals surface area contributed by atoms with Crippen LogP contribution in [0.1, 0.15) is 37.9 Å². The highest BCUT2D eigenvalue weighted by molar-refractivity contribution is 7.09. The summed E-state index contributed by atoms with van der Waals surface area (Å²) in [5.41, 5.74) is -0.476. The predicted molar refractivity (Wildman–Crippen MR) is 82.3 cm³/mol. The predicted octanol–water partition coefficient (Wildman–Crippen LogP) is 1.68. The molecule has 2 rings (SSSR count). The van der Waals surface area contributed by atoms with E-state index in [0.29, 0.717) is 13.0 Å². The number of nitrogens with one attached hydrogen (secondary N) is 1. The Balaban J connectivity index is 1.84. The molecule has 21 heavy (non-hydrogen) atoms. The fraction of sp³-hybridized carbons (Fsp3) is 0.733. The SMILES string of the molecule is CCOC1CC(O)(CNC(=O)Cc2csc(C)n2)C1(C)C. The maximum absolute atomic E-state index is 11.9. The largest absolute Gasteiger partial charge is 0.387 e. The zero-order valence-corrected chi connectivity index (χ0v) is 13.9. The van der Waals surface area contributed by atoms with Crippen molar-refractivity contribution in [2.75, 3.05) is 13.2 Å². The highest BCUT2D eigenvalue weighted by Gasteiger charge is 2.59. The molecule has 0 saturated heterocycles. The van der Waals surface area contributed by atoms with E-state index in [2.05, 4.69) is 10.3 Å². The zero-order chi connectivity index (χ0) is 15.7. The quantitative estimate of drug-likeness (QED) is 0.838.